The number of rotatable bonds is 11. The summed E-state index contributed by atoms with van der Waals surface area (Å²) in [5.74, 6) is 5.26. The van der Waals surface area contributed by atoms with Gasteiger partial charge in [0, 0.05) is 6.61 Å². The molecule has 3 heteroatoms. The van der Waals surface area contributed by atoms with Crippen LogP contribution < -0.4 is 0 Å². The van der Waals surface area contributed by atoms with Crippen molar-refractivity contribution in [3.8, 4) is 11.8 Å². The normalized spacial score (nSPS) is 11.9. The predicted octanol–water partition coefficient (Wildman–Crippen LogP) is 2.37. The Morgan fingerprint density at radius 3 is 2.41 bits per heavy atom. The van der Waals surface area contributed by atoms with Crippen LogP contribution in [0.15, 0.2) is 0 Å². The molecule has 1 unspecified atom stereocenters. The van der Waals surface area contributed by atoms with E-state index in [1.165, 1.54) is 25.7 Å². The summed E-state index contributed by atoms with van der Waals surface area (Å²) >= 11 is 0. The van der Waals surface area contributed by atoms with E-state index in [2.05, 4.69) is 18.8 Å². The molecule has 1 atom stereocenters. The quantitative estimate of drug-likeness (QED) is 0.446. The molecule has 0 aromatic rings. The fourth-order valence-corrected chi connectivity index (χ4v) is 1.43. The Morgan fingerprint density at radius 2 is 1.71 bits per heavy atom. The van der Waals surface area contributed by atoms with E-state index >= 15 is 0 Å². The lowest BCUT2D eigenvalue weighted by Gasteiger charge is -2.06. The smallest absolute Gasteiger partial charge is 0.137 e. The lowest BCUT2D eigenvalue weighted by molar-refractivity contribution is 0.0185. The minimum Gasteiger partial charge on any atom is -0.379 e. The molecular weight excluding hydrogens is 216 g/mol. The Labute approximate surface area is 106 Å². The predicted molar refractivity (Wildman–Crippen MR) is 69.9 cm³/mol. The number of aliphatic hydroxyl groups excluding tert-OH is 1. The zero-order valence-corrected chi connectivity index (χ0v) is 11.2. The molecule has 0 saturated carbocycles. The molecule has 0 aromatic carbocycles. The zero-order chi connectivity index (χ0) is 12.8. The third kappa shape index (κ3) is 13.4. The van der Waals surface area contributed by atoms with Crippen molar-refractivity contribution in [3.05, 3.63) is 0 Å². The van der Waals surface area contributed by atoms with Crippen LogP contribution in [0.3, 0.4) is 0 Å². The average molecular weight is 242 g/mol. The number of aliphatic hydroxyl groups is 1. The fraction of sp³-hybridized carbons (Fsp3) is 0.857. The minimum absolute atomic E-state index is 0.265. The van der Waals surface area contributed by atoms with Crippen molar-refractivity contribution in [2.45, 2.75) is 52.1 Å². The van der Waals surface area contributed by atoms with Gasteiger partial charge in [0.05, 0.1) is 19.8 Å². The van der Waals surface area contributed by atoms with Gasteiger partial charge in [-0.15, -0.1) is 5.92 Å². The number of ether oxygens (including phenoxy) is 2. The Morgan fingerprint density at radius 1 is 1.00 bits per heavy atom. The highest BCUT2D eigenvalue weighted by molar-refractivity contribution is 5.01. The highest BCUT2D eigenvalue weighted by Gasteiger charge is 1.98. The minimum atomic E-state index is -0.672. The molecule has 0 radical (unpaired) electrons. The lowest BCUT2D eigenvalue weighted by atomic mass is 10.2. The molecule has 0 saturated heterocycles. The highest BCUT2D eigenvalue weighted by Crippen LogP contribution is 2.02. The Balaban J connectivity index is 3.05. The zero-order valence-electron chi connectivity index (χ0n) is 11.2. The van der Waals surface area contributed by atoms with Crippen LogP contribution in [0.4, 0.5) is 0 Å². The second-order valence-corrected chi connectivity index (χ2v) is 4.01. The highest BCUT2D eigenvalue weighted by atomic mass is 16.5. The Kier molecular flexibility index (Phi) is 13.1. The fourth-order valence-electron chi connectivity index (χ4n) is 1.43. The molecule has 1 N–H and O–H groups in total. The standard InChI is InChI=1S/C14H26O3/c1-3-5-6-7-8-10-16-11-12-17-13-14(15)9-4-2/h14-15H,3,5-8,10-13H2,1-2H3. The molecule has 0 amide bonds. The average Bonchev–Trinajstić information content (AvgIpc) is 2.32. The summed E-state index contributed by atoms with van der Waals surface area (Å²) in [6.07, 6.45) is 5.60. The van der Waals surface area contributed by atoms with Crippen LogP contribution in [0, 0.1) is 11.8 Å². The maximum Gasteiger partial charge on any atom is 0.137 e. The van der Waals surface area contributed by atoms with Gasteiger partial charge in [-0.3, -0.25) is 0 Å². The van der Waals surface area contributed by atoms with Crippen LogP contribution in [0.25, 0.3) is 0 Å². The number of hydrogen-bond donors (Lipinski definition) is 1. The topological polar surface area (TPSA) is 38.7 Å². The van der Waals surface area contributed by atoms with E-state index in [9.17, 15) is 5.11 Å². The van der Waals surface area contributed by atoms with Gasteiger partial charge >= 0.3 is 0 Å². The molecule has 0 aliphatic rings. The maximum absolute atomic E-state index is 9.23. The van der Waals surface area contributed by atoms with Gasteiger partial charge in [0.1, 0.15) is 6.10 Å². The van der Waals surface area contributed by atoms with Gasteiger partial charge in [-0.25, -0.2) is 0 Å². The summed E-state index contributed by atoms with van der Waals surface area (Å²) in [6, 6.07) is 0. The molecule has 0 fully saturated rings. The third-order valence-corrected chi connectivity index (χ3v) is 2.35. The van der Waals surface area contributed by atoms with Crippen molar-refractivity contribution in [1.29, 1.82) is 0 Å². The molecular formula is C14H26O3. The van der Waals surface area contributed by atoms with Crippen LogP contribution >= 0.6 is 0 Å². The van der Waals surface area contributed by atoms with E-state index in [0.717, 1.165) is 13.0 Å². The largest absolute Gasteiger partial charge is 0.379 e. The molecule has 0 aliphatic heterocycles. The second-order valence-electron chi connectivity index (χ2n) is 4.01. The van der Waals surface area contributed by atoms with Crippen molar-refractivity contribution < 1.29 is 14.6 Å². The number of hydrogen-bond acceptors (Lipinski definition) is 3. The summed E-state index contributed by atoms with van der Waals surface area (Å²) in [6.45, 7) is 6.11. The molecule has 3 nitrogen and oxygen atoms in total. The summed E-state index contributed by atoms with van der Waals surface area (Å²) in [5, 5.41) is 9.23. The first-order valence-electron chi connectivity index (χ1n) is 6.57. The molecule has 0 rings (SSSR count). The summed E-state index contributed by atoms with van der Waals surface area (Å²) in [7, 11) is 0. The molecule has 0 aliphatic carbocycles. The molecule has 0 bridgehead atoms. The van der Waals surface area contributed by atoms with Crippen LogP contribution in [0.2, 0.25) is 0 Å². The van der Waals surface area contributed by atoms with E-state index in [-0.39, 0.29) is 6.61 Å². The van der Waals surface area contributed by atoms with Gasteiger partial charge in [0.15, 0.2) is 0 Å². The van der Waals surface area contributed by atoms with E-state index in [4.69, 9.17) is 9.47 Å². The maximum atomic E-state index is 9.23. The summed E-state index contributed by atoms with van der Waals surface area (Å²) in [5.41, 5.74) is 0. The van der Waals surface area contributed by atoms with Gasteiger partial charge in [-0.1, -0.05) is 38.5 Å². The molecule has 0 heterocycles. The van der Waals surface area contributed by atoms with Crippen LogP contribution in [0.1, 0.15) is 46.0 Å². The van der Waals surface area contributed by atoms with Crippen molar-refractivity contribution in [2.75, 3.05) is 26.4 Å². The second kappa shape index (κ2) is 13.5. The van der Waals surface area contributed by atoms with Crippen LogP contribution in [0.5, 0.6) is 0 Å². The Bertz CT molecular complexity index is 205. The first-order valence-corrected chi connectivity index (χ1v) is 6.57. The first kappa shape index (κ1) is 16.4. The van der Waals surface area contributed by atoms with Gasteiger partial charge in [-0.05, 0) is 13.3 Å². The third-order valence-electron chi connectivity index (χ3n) is 2.35. The van der Waals surface area contributed by atoms with Crippen LogP contribution in [-0.2, 0) is 9.47 Å². The molecule has 0 spiro atoms. The van der Waals surface area contributed by atoms with Gasteiger partial charge < -0.3 is 14.6 Å². The van der Waals surface area contributed by atoms with Gasteiger partial charge in [0.2, 0.25) is 0 Å². The van der Waals surface area contributed by atoms with Gasteiger partial charge in [0.25, 0.3) is 0 Å². The first-order chi connectivity index (χ1) is 8.31. The summed E-state index contributed by atoms with van der Waals surface area (Å²) in [4.78, 5) is 0. The van der Waals surface area contributed by atoms with Crippen LogP contribution in [-0.4, -0.2) is 37.6 Å². The van der Waals surface area contributed by atoms with E-state index in [1.807, 2.05) is 0 Å². The van der Waals surface area contributed by atoms with E-state index < -0.39 is 6.10 Å². The monoisotopic (exact) mass is 242 g/mol. The number of unbranched alkanes of at least 4 members (excludes halogenated alkanes) is 4. The Hall–Kier alpha value is -0.560. The van der Waals surface area contributed by atoms with Crippen molar-refractivity contribution in [2.24, 2.45) is 0 Å². The SMILES string of the molecule is CC#CC(O)COCCOCCCCCCC. The molecule has 17 heavy (non-hydrogen) atoms. The molecule has 100 valence electrons. The molecule has 0 aromatic heterocycles. The van der Waals surface area contributed by atoms with E-state index in [0.29, 0.717) is 13.2 Å². The van der Waals surface area contributed by atoms with Crippen molar-refractivity contribution in [3.63, 3.8) is 0 Å². The lowest BCUT2D eigenvalue weighted by Crippen LogP contribution is -2.15. The van der Waals surface area contributed by atoms with Crippen molar-refractivity contribution >= 4 is 0 Å². The van der Waals surface area contributed by atoms with Crippen molar-refractivity contribution in [1.82, 2.24) is 0 Å². The van der Waals surface area contributed by atoms with E-state index in [1.54, 1.807) is 6.92 Å². The van der Waals surface area contributed by atoms with Gasteiger partial charge in [-0.2, -0.15) is 0 Å². The summed E-state index contributed by atoms with van der Waals surface area (Å²) < 4.78 is 10.6.